The molecule has 0 aromatic carbocycles. The fraction of sp³-hybridized carbons (Fsp3) is 0. The number of nitrogens with two attached hydrogens (primary N) is 1. The van der Waals surface area contributed by atoms with Gasteiger partial charge in [0.2, 0.25) is 0 Å². The van der Waals surface area contributed by atoms with E-state index in [2.05, 4.69) is 10.2 Å². The van der Waals surface area contributed by atoms with Crippen molar-refractivity contribution in [2.45, 2.75) is 0 Å². The van der Waals surface area contributed by atoms with Gasteiger partial charge in [-0.15, -0.1) is 10.2 Å². The molecule has 11 heavy (non-hydrogen) atoms. The molecule has 0 unspecified atom stereocenters. The van der Waals surface area contributed by atoms with Crippen LogP contribution in [-0.4, -0.2) is 21.3 Å². The molecule has 0 saturated heterocycles. The summed E-state index contributed by atoms with van der Waals surface area (Å²) in [5.41, 5.74) is 6.71. The average Bonchev–Trinajstić information content (AvgIpc) is 2.05. The van der Waals surface area contributed by atoms with Gasteiger partial charge < -0.3 is 5.73 Å². The number of hydrogen-bond donors (Lipinski definition) is 3. The zero-order valence-electron chi connectivity index (χ0n) is 5.48. The fourth-order valence-corrected chi connectivity index (χ4v) is 0.523. The molecule has 1 amide bonds. The van der Waals surface area contributed by atoms with E-state index >= 15 is 0 Å². The summed E-state index contributed by atoms with van der Waals surface area (Å²) in [5, 5.41) is 15.1. The zero-order valence-corrected chi connectivity index (χ0v) is 5.48. The highest BCUT2D eigenvalue weighted by molar-refractivity contribution is 5.90. The number of amides is 1. The average molecular weight is 154 g/mol. The molecule has 0 aliphatic carbocycles. The van der Waals surface area contributed by atoms with E-state index in [1.54, 1.807) is 5.48 Å². The van der Waals surface area contributed by atoms with Crippen LogP contribution in [0.1, 0.15) is 10.5 Å². The first-order valence-electron chi connectivity index (χ1n) is 2.77. The zero-order chi connectivity index (χ0) is 8.27. The van der Waals surface area contributed by atoms with Crippen LogP contribution in [0.3, 0.4) is 0 Å². The Morgan fingerprint density at radius 3 is 2.64 bits per heavy atom. The van der Waals surface area contributed by atoms with E-state index in [4.69, 9.17) is 10.9 Å². The standard InChI is InChI=1S/C5H6N4O2/c6-5(10)3-1-2-4(9-11)8-7-3/h1-2,11H,(H2,6,10)(H,8,9). The van der Waals surface area contributed by atoms with Crippen LogP contribution in [-0.2, 0) is 0 Å². The third-order valence-electron chi connectivity index (χ3n) is 1.03. The molecule has 1 heterocycles. The summed E-state index contributed by atoms with van der Waals surface area (Å²) in [4.78, 5) is 10.4. The third kappa shape index (κ3) is 1.62. The van der Waals surface area contributed by atoms with E-state index in [9.17, 15) is 4.79 Å². The largest absolute Gasteiger partial charge is 0.364 e. The number of carbonyl (C=O) groups is 1. The molecule has 1 rings (SSSR count). The van der Waals surface area contributed by atoms with E-state index in [1.807, 2.05) is 0 Å². The molecule has 0 saturated carbocycles. The van der Waals surface area contributed by atoms with Crippen molar-refractivity contribution in [3.05, 3.63) is 17.8 Å². The Morgan fingerprint density at radius 1 is 1.55 bits per heavy atom. The molecule has 4 N–H and O–H groups in total. The van der Waals surface area contributed by atoms with Crippen LogP contribution >= 0.6 is 0 Å². The lowest BCUT2D eigenvalue weighted by atomic mass is 10.4. The monoisotopic (exact) mass is 154 g/mol. The third-order valence-corrected chi connectivity index (χ3v) is 1.03. The number of carbonyl (C=O) groups excluding carboxylic acids is 1. The van der Waals surface area contributed by atoms with Crippen molar-refractivity contribution in [3.8, 4) is 0 Å². The first kappa shape index (κ1) is 7.42. The van der Waals surface area contributed by atoms with E-state index in [-0.39, 0.29) is 11.5 Å². The molecule has 0 aliphatic heterocycles. The summed E-state index contributed by atoms with van der Waals surface area (Å²) in [7, 11) is 0. The van der Waals surface area contributed by atoms with Gasteiger partial charge in [-0.3, -0.25) is 15.5 Å². The maximum atomic E-state index is 10.4. The number of aromatic nitrogens is 2. The number of rotatable bonds is 2. The van der Waals surface area contributed by atoms with Crippen LogP contribution in [0.4, 0.5) is 5.82 Å². The summed E-state index contributed by atoms with van der Waals surface area (Å²) < 4.78 is 0. The van der Waals surface area contributed by atoms with Crippen LogP contribution < -0.4 is 11.2 Å². The Bertz CT molecular complexity index is 258. The topological polar surface area (TPSA) is 101 Å². The minimum absolute atomic E-state index is 0.0593. The molecular weight excluding hydrogens is 148 g/mol. The van der Waals surface area contributed by atoms with Crippen LogP contribution in [0.15, 0.2) is 12.1 Å². The second-order valence-electron chi connectivity index (χ2n) is 1.78. The van der Waals surface area contributed by atoms with Crippen molar-refractivity contribution >= 4 is 11.7 Å². The quantitative estimate of drug-likeness (QED) is 0.492. The minimum atomic E-state index is -0.651. The molecule has 0 atom stereocenters. The van der Waals surface area contributed by atoms with E-state index in [0.29, 0.717) is 0 Å². The van der Waals surface area contributed by atoms with Crippen molar-refractivity contribution in [1.29, 1.82) is 0 Å². The first-order valence-corrected chi connectivity index (χ1v) is 2.77. The molecule has 0 spiro atoms. The number of nitrogens with one attached hydrogen (secondary N) is 1. The summed E-state index contributed by atoms with van der Waals surface area (Å²) >= 11 is 0. The lowest BCUT2D eigenvalue weighted by Gasteiger charge is -1.95. The van der Waals surface area contributed by atoms with Gasteiger partial charge in [-0.05, 0) is 12.1 Å². The summed E-state index contributed by atoms with van der Waals surface area (Å²) in [6.07, 6.45) is 0. The van der Waals surface area contributed by atoms with Gasteiger partial charge in [0, 0.05) is 0 Å². The van der Waals surface area contributed by atoms with Crippen molar-refractivity contribution in [2.75, 3.05) is 5.48 Å². The maximum absolute atomic E-state index is 10.4. The number of hydrogen-bond acceptors (Lipinski definition) is 5. The predicted molar refractivity (Wildman–Crippen MR) is 36.0 cm³/mol. The smallest absolute Gasteiger partial charge is 0.269 e. The highest BCUT2D eigenvalue weighted by Crippen LogP contribution is 1.98. The second-order valence-corrected chi connectivity index (χ2v) is 1.78. The van der Waals surface area contributed by atoms with Gasteiger partial charge >= 0.3 is 0 Å². The Kier molecular flexibility index (Phi) is 1.98. The Labute approximate surface area is 62.0 Å². The summed E-state index contributed by atoms with van der Waals surface area (Å²) in [5.74, 6) is -0.489. The molecule has 1 aromatic heterocycles. The Balaban J connectivity index is 2.91. The SMILES string of the molecule is NC(=O)c1ccc(NO)nn1. The summed E-state index contributed by atoms with van der Waals surface area (Å²) in [6, 6.07) is 2.74. The minimum Gasteiger partial charge on any atom is -0.364 e. The summed E-state index contributed by atoms with van der Waals surface area (Å²) in [6.45, 7) is 0. The number of primary amides is 1. The molecule has 0 bridgehead atoms. The number of anilines is 1. The van der Waals surface area contributed by atoms with E-state index < -0.39 is 5.91 Å². The van der Waals surface area contributed by atoms with Crippen LogP contribution in [0.25, 0.3) is 0 Å². The van der Waals surface area contributed by atoms with Crippen molar-refractivity contribution < 1.29 is 10.0 Å². The normalized spacial score (nSPS) is 9.18. The van der Waals surface area contributed by atoms with Crippen LogP contribution in [0.2, 0.25) is 0 Å². The Hall–Kier alpha value is -1.69. The highest BCUT2D eigenvalue weighted by atomic mass is 16.5. The molecule has 0 radical (unpaired) electrons. The van der Waals surface area contributed by atoms with Crippen LogP contribution in [0.5, 0.6) is 0 Å². The highest BCUT2D eigenvalue weighted by Gasteiger charge is 2.01. The second kappa shape index (κ2) is 2.93. The first-order chi connectivity index (χ1) is 5.24. The van der Waals surface area contributed by atoms with Gasteiger partial charge in [-0.1, -0.05) is 0 Å². The molecule has 58 valence electrons. The molecule has 6 heteroatoms. The van der Waals surface area contributed by atoms with E-state index in [1.165, 1.54) is 12.1 Å². The van der Waals surface area contributed by atoms with Crippen molar-refractivity contribution in [2.24, 2.45) is 5.73 Å². The number of nitrogens with zero attached hydrogens (tertiary/aromatic N) is 2. The van der Waals surface area contributed by atoms with Gasteiger partial charge in [0.15, 0.2) is 11.5 Å². The van der Waals surface area contributed by atoms with Gasteiger partial charge in [0.1, 0.15) is 0 Å². The predicted octanol–water partition coefficient (Wildman–Crippen LogP) is -0.623. The van der Waals surface area contributed by atoms with Crippen molar-refractivity contribution in [3.63, 3.8) is 0 Å². The Morgan fingerprint density at radius 2 is 2.27 bits per heavy atom. The molecule has 0 fully saturated rings. The van der Waals surface area contributed by atoms with E-state index in [0.717, 1.165) is 0 Å². The van der Waals surface area contributed by atoms with Gasteiger partial charge in [0.05, 0.1) is 0 Å². The van der Waals surface area contributed by atoms with Gasteiger partial charge in [0.25, 0.3) is 5.91 Å². The van der Waals surface area contributed by atoms with Crippen LogP contribution in [0, 0.1) is 0 Å². The maximum Gasteiger partial charge on any atom is 0.269 e. The van der Waals surface area contributed by atoms with Crippen molar-refractivity contribution in [1.82, 2.24) is 10.2 Å². The lowest BCUT2D eigenvalue weighted by molar-refractivity contribution is 0.0994. The molecule has 0 aliphatic rings. The molecule has 1 aromatic rings. The molecule has 6 nitrogen and oxygen atoms in total. The molecular formula is C5H6N4O2. The fourth-order valence-electron chi connectivity index (χ4n) is 0.523. The lowest BCUT2D eigenvalue weighted by Crippen LogP contribution is -2.13. The van der Waals surface area contributed by atoms with Gasteiger partial charge in [-0.2, -0.15) is 0 Å². The van der Waals surface area contributed by atoms with Gasteiger partial charge in [-0.25, -0.2) is 0 Å².